The zero-order valence-corrected chi connectivity index (χ0v) is 13.0. The zero-order chi connectivity index (χ0) is 16.7. The number of nitrogens with one attached hydrogen (secondary N) is 2. The maximum Gasteiger partial charge on any atom is 0.276 e. The van der Waals surface area contributed by atoms with Gasteiger partial charge in [0.05, 0.1) is 6.26 Å². The van der Waals surface area contributed by atoms with E-state index in [0.717, 1.165) is 11.1 Å². The van der Waals surface area contributed by atoms with Crippen molar-refractivity contribution in [2.24, 2.45) is 0 Å². The summed E-state index contributed by atoms with van der Waals surface area (Å²) in [4.78, 5) is 23.2. The number of ether oxygens (including phenoxy) is 1. The molecule has 0 aliphatic heterocycles. The molecule has 23 heavy (non-hydrogen) atoms. The monoisotopic (exact) mass is 314 g/mol. The van der Waals surface area contributed by atoms with E-state index in [0.29, 0.717) is 11.5 Å². The summed E-state index contributed by atoms with van der Waals surface area (Å²) in [5, 5.41) is 0. The summed E-state index contributed by atoms with van der Waals surface area (Å²) in [6, 6.07) is 9.16. The lowest BCUT2D eigenvalue weighted by Crippen LogP contribution is -2.43. The van der Waals surface area contributed by atoms with Crippen LogP contribution in [0.5, 0.6) is 5.75 Å². The maximum atomic E-state index is 11.7. The Morgan fingerprint density at radius 2 is 2.04 bits per heavy atom. The molecule has 0 spiro atoms. The van der Waals surface area contributed by atoms with Gasteiger partial charge in [0.2, 0.25) is 0 Å². The molecular formula is C17H18N2O4. The topological polar surface area (TPSA) is 80.6 Å². The number of benzene rings is 1. The smallest absolute Gasteiger partial charge is 0.276 e. The fourth-order valence-electron chi connectivity index (χ4n) is 1.76. The van der Waals surface area contributed by atoms with Crippen LogP contribution in [0.3, 0.4) is 0 Å². The number of amides is 2. The second-order valence-electron chi connectivity index (χ2n) is 4.94. The molecule has 120 valence electrons. The van der Waals surface area contributed by atoms with E-state index >= 15 is 0 Å². The maximum absolute atomic E-state index is 11.7. The van der Waals surface area contributed by atoms with Crippen molar-refractivity contribution in [3.05, 3.63) is 59.6 Å². The number of furan rings is 1. The van der Waals surface area contributed by atoms with Crippen LogP contribution in [-0.4, -0.2) is 18.4 Å². The molecular weight excluding hydrogens is 296 g/mol. The largest absolute Gasteiger partial charge is 0.483 e. The fraction of sp³-hybridized carbons (Fsp3) is 0.176. The van der Waals surface area contributed by atoms with E-state index in [1.807, 2.05) is 32.0 Å². The van der Waals surface area contributed by atoms with Crippen LogP contribution in [0.15, 0.2) is 47.1 Å². The Morgan fingerprint density at radius 1 is 1.22 bits per heavy atom. The fourth-order valence-corrected chi connectivity index (χ4v) is 1.76. The molecule has 6 nitrogen and oxygen atoms in total. The van der Waals surface area contributed by atoms with Crippen LogP contribution in [0.2, 0.25) is 0 Å². The molecule has 0 unspecified atom stereocenters. The Hall–Kier alpha value is -3.02. The average molecular weight is 314 g/mol. The highest BCUT2D eigenvalue weighted by Crippen LogP contribution is 2.18. The summed E-state index contributed by atoms with van der Waals surface area (Å²) in [5.41, 5.74) is 6.51. The van der Waals surface area contributed by atoms with Crippen LogP contribution < -0.4 is 15.6 Å². The second-order valence-corrected chi connectivity index (χ2v) is 4.94. The molecule has 2 amide bonds. The third kappa shape index (κ3) is 5.35. The molecule has 0 aliphatic rings. The highest BCUT2D eigenvalue weighted by molar-refractivity contribution is 5.92. The summed E-state index contributed by atoms with van der Waals surface area (Å²) in [6.45, 7) is 3.65. The van der Waals surface area contributed by atoms with Gasteiger partial charge in [-0.2, -0.15) is 0 Å². The van der Waals surface area contributed by atoms with Crippen LogP contribution in [0.4, 0.5) is 0 Å². The third-order valence-corrected chi connectivity index (χ3v) is 2.97. The van der Waals surface area contributed by atoms with Gasteiger partial charge in [-0.1, -0.05) is 12.1 Å². The first-order valence-electron chi connectivity index (χ1n) is 7.05. The number of carbonyl (C=O) groups excluding carboxylic acids is 2. The zero-order valence-electron chi connectivity index (χ0n) is 13.0. The van der Waals surface area contributed by atoms with Gasteiger partial charge in [-0.25, -0.2) is 0 Å². The third-order valence-electron chi connectivity index (χ3n) is 2.97. The molecule has 1 heterocycles. The molecule has 0 radical (unpaired) electrons. The Bertz CT molecular complexity index is 705. The molecule has 1 aromatic carbocycles. The van der Waals surface area contributed by atoms with E-state index in [1.165, 1.54) is 18.4 Å². The Morgan fingerprint density at radius 3 is 2.78 bits per heavy atom. The number of rotatable bonds is 5. The van der Waals surface area contributed by atoms with Crippen LogP contribution in [-0.2, 0) is 9.59 Å². The highest BCUT2D eigenvalue weighted by Gasteiger charge is 2.06. The van der Waals surface area contributed by atoms with Crippen molar-refractivity contribution in [2.45, 2.75) is 13.8 Å². The number of hydrogen-bond acceptors (Lipinski definition) is 4. The van der Waals surface area contributed by atoms with Gasteiger partial charge >= 0.3 is 0 Å². The van der Waals surface area contributed by atoms with Crippen molar-refractivity contribution in [1.29, 1.82) is 0 Å². The predicted octanol–water partition coefficient (Wildman–Crippen LogP) is 2.14. The molecule has 2 N–H and O–H groups in total. The van der Waals surface area contributed by atoms with E-state index in [2.05, 4.69) is 10.9 Å². The Balaban J connectivity index is 1.74. The summed E-state index contributed by atoms with van der Waals surface area (Å²) in [5.74, 6) is 0.265. The highest BCUT2D eigenvalue weighted by atomic mass is 16.5. The first-order chi connectivity index (χ1) is 11.0. The van der Waals surface area contributed by atoms with Crippen LogP contribution >= 0.6 is 0 Å². The van der Waals surface area contributed by atoms with E-state index in [1.54, 1.807) is 12.1 Å². The molecule has 2 rings (SSSR count). The minimum absolute atomic E-state index is 0.188. The molecule has 0 aliphatic carbocycles. The standard InChI is InChI=1S/C17H18N2O4/c1-12-5-6-13(2)15(10-12)23-11-17(21)19-18-16(20)8-7-14-4-3-9-22-14/h3-10H,11H2,1-2H3,(H,18,20)(H,19,21)/b8-7+. The normalized spacial score (nSPS) is 10.5. The van der Waals surface area contributed by atoms with Gasteiger partial charge in [0, 0.05) is 6.08 Å². The molecule has 1 aromatic heterocycles. The quantitative estimate of drug-likeness (QED) is 0.654. The van der Waals surface area contributed by atoms with E-state index in [-0.39, 0.29) is 6.61 Å². The summed E-state index contributed by atoms with van der Waals surface area (Å²) < 4.78 is 10.5. The van der Waals surface area contributed by atoms with Crippen molar-refractivity contribution in [3.63, 3.8) is 0 Å². The molecule has 6 heteroatoms. The lowest BCUT2D eigenvalue weighted by molar-refractivity contribution is -0.128. The van der Waals surface area contributed by atoms with Gasteiger partial charge in [0.25, 0.3) is 11.8 Å². The van der Waals surface area contributed by atoms with Gasteiger partial charge in [0.1, 0.15) is 11.5 Å². The summed E-state index contributed by atoms with van der Waals surface area (Å²) in [6.07, 6.45) is 4.25. The van der Waals surface area contributed by atoms with Crippen LogP contribution in [0.1, 0.15) is 16.9 Å². The first-order valence-corrected chi connectivity index (χ1v) is 7.05. The van der Waals surface area contributed by atoms with Crippen LogP contribution in [0, 0.1) is 13.8 Å². The molecule has 0 fully saturated rings. The van der Waals surface area contributed by atoms with E-state index in [4.69, 9.17) is 9.15 Å². The van der Waals surface area contributed by atoms with Gasteiger partial charge < -0.3 is 9.15 Å². The molecule has 0 saturated heterocycles. The van der Waals surface area contributed by atoms with Gasteiger partial charge in [-0.3, -0.25) is 20.4 Å². The predicted molar refractivity (Wildman–Crippen MR) is 85.4 cm³/mol. The van der Waals surface area contributed by atoms with Gasteiger partial charge in [-0.05, 0) is 49.2 Å². The minimum atomic E-state index is -0.471. The second kappa shape index (κ2) is 7.84. The minimum Gasteiger partial charge on any atom is -0.483 e. The lowest BCUT2D eigenvalue weighted by Gasteiger charge is -2.10. The Kier molecular flexibility index (Phi) is 5.57. The first kappa shape index (κ1) is 16.4. The number of hydrazine groups is 1. The van der Waals surface area contributed by atoms with Crippen LogP contribution in [0.25, 0.3) is 6.08 Å². The Labute approximate surface area is 134 Å². The molecule has 0 saturated carbocycles. The number of carbonyl (C=O) groups is 2. The SMILES string of the molecule is Cc1ccc(C)c(OCC(=O)NNC(=O)/C=C/c2ccco2)c1. The molecule has 0 bridgehead atoms. The van der Waals surface area contributed by atoms with Crippen molar-refractivity contribution in [1.82, 2.24) is 10.9 Å². The van der Waals surface area contributed by atoms with Crippen molar-refractivity contribution in [3.8, 4) is 5.75 Å². The van der Waals surface area contributed by atoms with Gasteiger partial charge in [0.15, 0.2) is 6.61 Å². The van der Waals surface area contributed by atoms with Crippen molar-refractivity contribution < 1.29 is 18.7 Å². The van der Waals surface area contributed by atoms with Crippen molar-refractivity contribution >= 4 is 17.9 Å². The molecule has 2 aromatic rings. The number of hydrogen-bond donors (Lipinski definition) is 2. The van der Waals surface area contributed by atoms with Gasteiger partial charge in [-0.15, -0.1) is 0 Å². The average Bonchev–Trinajstić information content (AvgIpc) is 3.05. The number of aryl methyl sites for hydroxylation is 2. The van der Waals surface area contributed by atoms with E-state index in [9.17, 15) is 9.59 Å². The van der Waals surface area contributed by atoms with E-state index < -0.39 is 11.8 Å². The summed E-state index contributed by atoms with van der Waals surface area (Å²) >= 11 is 0. The van der Waals surface area contributed by atoms with Crippen molar-refractivity contribution in [2.75, 3.05) is 6.61 Å². The lowest BCUT2D eigenvalue weighted by atomic mass is 10.1. The molecule has 0 atom stereocenters. The summed E-state index contributed by atoms with van der Waals surface area (Å²) in [7, 11) is 0.